The zero-order valence-electron chi connectivity index (χ0n) is 13.9. The van der Waals surface area contributed by atoms with Crippen LogP contribution in [0.2, 0.25) is 0 Å². The van der Waals surface area contributed by atoms with Crippen LogP contribution < -0.4 is 11.5 Å². The molecule has 4 nitrogen and oxygen atoms in total. The van der Waals surface area contributed by atoms with Gasteiger partial charge in [0.2, 0.25) is 0 Å². The molecular weight excluding hydrogens is 276 g/mol. The molecule has 0 unspecified atom stereocenters. The van der Waals surface area contributed by atoms with Gasteiger partial charge in [-0.15, -0.1) is 0 Å². The zero-order chi connectivity index (χ0) is 16.5. The Morgan fingerprint density at radius 3 is 1.95 bits per heavy atom. The molecule has 128 valence electrons. The fourth-order valence-electron chi connectivity index (χ4n) is 2.22. The van der Waals surface area contributed by atoms with E-state index in [2.05, 4.69) is 24.3 Å². The zero-order valence-corrected chi connectivity index (χ0v) is 13.9. The first-order valence-corrected chi connectivity index (χ1v) is 8.66. The second kappa shape index (κ2) is 16.2. The average molecular weight is 310 g/mol. The molecule has 0 heterocycles. The van der Waals surface area contributed by atoms with Gasteiger partial charge in [0.15, 0.2) is 0 Å². The summed E-state index contributed by atoms with van der Waals surface area (Å²) in [5, 5.41) is 8.51. The molecule has 0 aliphatic heterocycles. The minimum atomic E-state index is -0.682. The van der Waals surface area contributed by atoms with Crippen LogP contribution in [-0.4, -0.2) is 17.2 Å². The number of hydrogen-bond acceptors (Lipinski definition) is 3. The summed E-state index contributed by atoms with van der Waals surface area (Å²) < 4.78 is 0. The number of allylic oxidation sites excluding steroid dienone is 4. The van der Waals surface area contributed by atoms with Crippen molar-refractivity contribution in [3.05, 3.63) is 24.3 Å². The molecular formula is C18H34N2O2. The molecule has 0 radical (unpaired) electrons. The first-order chi connectivity index (χ1) is 10.6. The summed E-state index contributed by atoms with van der Waals surface area (Å²) in [6.45, 7) is 0. The lowest BCUT2D eigenvalue weighted by molar-refractivity contribution is -0.137. The third-order valence-electron chi connectivity index (χ3n) is 3.53. The Morgan fingerprint density at radius 1 is 0.818 bits per heavy atom. The Bertz CT molecular complexity index is 312. The molecule has 5 N–H and O–H groups in total. The van der Waals surface area contributed by atoms with Crippen LogP contribution in [0.15, 0.2) is 24.3 Å². The minimum Gasteiger partial charge on any atom is -0.481 e. The van der Waals surface area contributed by atoms with E-state index in [0.29, 0.717) is 6.42 Å². The maximum atomic E-state index is 10.3. The highest BCUT2D eigenvalue weighted by Crippen LogP contribution is 2.08. The normalized spacial score (nSPS) is 12.0. The Kier molecular flexibility index (Phi) is 15.4. The van der Waals surface area contributed by atoms with Crippen LogP contribution >= 0.6 is 0 Å². The maximum Gasteiger partial charge on any atom is 0.303 e. The highest BCUT2D eigenvalue weighted by atomic mass is 16.4. The second-order valence-electron chi connectivity index (χ2n) is 5.83. The number of aliphatic carboxylic acids is 1. The molecule has 0 aliphatic carbocycles. The molecule has 0 aliphatic rings. The molecule has 0 spiro atoms. The van der Waals surface area contributed by atoms with Crippen molar-refractivity contribution in [3.63, 3.8) is 0 Å². The van der Waals surface area contributed by atoms with Crippen LogP contribution in [0, 0.1) is 0 Å². The molecule has 22 heavy (non-hydrogen) atoms. The van der Waals surface area contributed by atoms with Crippen molar-refractivity contribution < 1.29 is 9.90 Å². The third-order valence-corrected chi connectivity index (χ3v) is 3.53. The van der Waals surface area contributed by atoms with Gasteiger partial charge >= 0.3 is 5.97 Å². The number of carboxylic acid groups (broad SMARTS) is 1. The number of rotatable bonds is 15. The molecule has 0 fully saturated rings. The molecule has 0 atom stereocenters. The number of unbranched alkanes of at least 4 members (excludes halogenated alkanes) is 7. The number of nitrogens with two attached hydrogens (primary N) is 2. The van der Waals surface area contributed by atoms with Gasteiger partial charge in [0, 0.05) is 6.42 Å². The molecule has 0 rings (SSSR count). The van der Waals surface area contributed by atoms with Gasteiger partial charge in [0.05, 0.1) is 6.17 Å². The number of hydrogen-bond donors (Lipinski definition) is 3. The van der Waals surface area contributed by atoms with Crippen molar-refractivity contribution in [1.82, 2.24) is 0 Å². The van der Waals surface area contributed by atoms with E-state index in [4.69, 9.17) is 16.6 Å². The van der Waals surface area contributed by atoms with Crippen molar-refractivity contribution in [3.8, 4) is 0 Å². The minimum absolute atomic E-state index is 0.163. The van der Waals surface area contributed by atoms with Crippen LogP contribution in [0.5, 0.6) is 0 Å². The summed E-state index contributed by atoms with van der Waals surface area (Å²) in [5.74, 6) is -0.682. The van der Waals surface area contributed by atoms with E-state index < -0.39 is 5.97 Å². The molecule has 0 amide bonds. The van der Waals surface area contributed by atoms with Gasteiger partial charge in [-0.25, -0.2) is 0 Å². The fourth-order valence-corrected chi connectivity index (χ4v) is 2.22. The smallest absolute Gasteiger partial charge is 0.303 e. The van der Waals surface area contributed by atoms with Gasteiger partial charge in [-0.1, -0.05) is 50.0 Å². The third kappa shape index (κ3) is 18.9. The van der Waals surface area contributed by atoms with E-state index >= 15 is 0 Å². The van der Waals surface area contributed by atoms with Gasteiger partial charge in [-0.3, -0.25) is 4.79 Å². The van der Waals surface area contributed by atoms with Crippen LogP contribution in [0.25, 0.3) is 0 Å². The Morgan fingerprint density at radius 2 is 1.36 bits per heavy atom. The Hall–Kier alpha value is -1.13. The lowest BCUT2D eigenvalue weighted by atomic mass is 10.1. The van der Waals surface area contributed by atoms with Crippen molar-refractivity contribution in [2.75, 3.05) is 0 Å². The highest BCUT2D eigenvalue weighted by molar-refractivity contribution is 5.66. The van der Waals surface area contributed by atoms with E-state index in [1.807, 2.05) is 0 Å². The van der Waals surface area contributed by atoms with Crippen LogP contribution in [0.1, 0.15) is 77.0 Å². The fraction of sp³-hybridized carbons (Fsp3) is 0.722. The number of carboxylic acids is 1. The molecule has 0 aromatic carbocycles. The van der Waals surface area contributed by atoms with E-state index in [9.17, 15) is 4.79 Å². The van der Waals surface area contributed by atoms with Gasteiger partial charge in [-0.2, -0.15) is 0 Å². The van der Waals surface area contributed by atoms with E-state index in [1.165, 1.54) is 12.8 Å². The first-order valence-electron chi connectivity index (χ1n) is 8.66. The van der Waals surface area contributed by atoms with Crippen LogP contribution in [0.4, 0.5) is 0 Å². The largest absolute Gasteiger partial charge is 0.481 e. The first kappa shape index (κ1) is 20.9. The molecule has 4 heteroatoms. The van der Waals surface area contributed by atoms with Crippen molar-refractivity contribution in [2.24, 2.45) is 11.5 Å². The second-order valence-corrected chi connectivity index (χ2v) is 5.83. The standard InChI is InChI=1S/C18H34N2O2/c19-17(20)15-13-11-9-7-5-3-1-2-4-6-8-10-12-14-16-18(21)22/h1-2,5,7,17H,3-4,6,8-16,19-20H2,(H,21,22)/b2-1-,7-5-. The average Bonchev–Trinajstić information content (AvgIpc) is 2.46. The van der Waals surface area contributed by atoms with Gasteiger partial charge < -0.3 is 16.6 Å². The van der Waals surface area contributed by atoms with Gasteiger partial charge in [0.1, 0.15) is 0 Å². The number of carbonyl (C=O) groups is 1. The summed E-state index contributed by atoms with van der Waals surface area (Å²) in [7, 11) is 0. The lowest BCUT2D eigenvalue weighted by Gasteiger charge is -2.02. The Labute approximate surface area is 135 Å². The SMILES string of the molecule is NC(N)CCCC/C=C\C/C=C\CCCCCCCC(=O)O. The van der Waals surface area contributed by atoms with Crippen molar-refractivity contribution in [2.45, 2.75) is 83.2 Å². The summed E-state index contributed by atoms with van der Waals surface area (Å²) in [4.78, 5) is 10.3. The lowest BCUT2D eigenvalue weighted by Crippen LogP contribution is -2.29. The molecule has 0 aromatic heterocycles. The van der Waals surface area contributed by atoms with Crippen molar-refractivity contribution >= 4 is 5.97 Å². The summed E-state index contributed by atoms with van der Waals surface area (Å²) in [6.07, 6.45) is 20.9. The topological polar surface area (TPSA) is 89.3 Å². The molecule has 0 saturated heterocycles. The van der Waals surface area contributed by atoms with Crippen LogP contribution in [0.3, 0.4) is 0 Å². The van der Waals surface area contributed by atoms with E-state index in [0.717, 1.165) is 57.8 Å². The molecule has 0 saturated carbocycles. The molecule has 0 bridgehead atoms. The highest BCUT2D eigenvalue weighted by Gasteiger charge is 1.95. The van der Waals surface area contributed by atoms with Gasteiger partial charge in [-0.05, 0) is 44.9 Å². The molecule has 0 aromatic rings. The van der Waals surface area contributed by atoms with Crippen LogP contribution in [-0.2, 0) is 4.79 Å². The summed E-state index contributed by atoms with van der Waals surface area (Å²) in [5.41, 5.74) is 11.0. The predicted octanol–water partition coefficient (Wildman–Crippen LogP) is 4.11. The summed E-state index contributed by atoms with van der Waals surface area (Å²) >= 11 is 0. The van der Waals surface area contributed by atoms with E-state index in [-0.39, 0.29) is 6.17 Å². The van der Waals surface area contributed by atoms with Gasteiger partial charge in [0.25, 0.3) is 0 Å². The monoisotopic (exact) mass is 310 g/mol. The predicted molar refractivity (Wildman–Crippen MR) is 93.5 cm³/mol. The maximum absolute atomic E-state index is 10.3. The van der Waals surface area contributed by atoms with Crippen molar-refractivity contribution in [1.29, 1.82) is 0 Å². The van der Waals surface area contributed by atoms with E-state index in [1.54, 1.807) is 0 Å². The summed E-state index contributed by atoms with van der Waals surface area (Å²) in [6, 6.07) is 0. The Balaban J connectivity index is 3.22. The quantitative estimate of drug-likeness (QED) is 0.241.